The smallest absolute Gasteiger partial charge is 0.262 e. The molecule has 0 aliphatic heterocycles. The zero-order chi connectivity index (χ0) is 20.3. The van der Waals surface area contributed by atoms with Gasteiger partial charge in [-0.3, -0.25) is 14.2 Å². The Balaban J connectivity index is 1.64. The predicted octanol–water partition coefficient (Wildman–Crippen LogP) is 3.47. The minimum atomic E-state index is -0.378. The van der Waals surface area contributed by atoms with Crippen molar-refractivity contribution in [2.24, 2.45) is 5.10 Å². The van der Waals surface area contributed by atoms with Gasteiger partial charge in [-0.2, -0.15) is 5.10 Å². The summed E-state index contributed by atoms with van der Waals surface area (Å²) >= 11 is 1.50. The Morgan fingerprint density at radius 3 is 2.64 bits per heavy atom. The van der Waals surface area contributed by atoms with Crippen molar-refractivity contribution in [2.45, 2.75) is 46.1 Å². The van der Waals surface area contributed by atoms with Crippen molar-refractivity contribution in [3.8, 4) is 0 Å². The summed E-state index contributed by atoms with van der Waals surface area (Å²) in [5.74, 6) is -0.378. The largest absolute Gasteiger partial charge is 0.289 e. The Morgan fingerprint density at radius 1 is 1.29 bits per heavy atom. The number of thiophene rings is 1. The van der Waals surface area contributed by atoms with Gasteiger partial charge in [0.2, 0.25) is 0 Å². The number of carbonyl (C=O) groups is 1. The molecule has 0 fully saturated rings. The van der Waals surface area contributed by atoms with Gasteiger partial charge in [0, 0.05) is 4.88 Å². The summed E-state index contributed by atoms with van der Waals surface area (Å²) in [5, 5.41) is 4.54. The third-order valence-corrected chi connectivity index (χ3v) is 5.60. The molecule has 0 saturated heterocycles. The highest BCUT2D eigenvalue weighted by atomic mass is 32.1. The fraction of sp³-hybridized carbons (Fsp3) is 0.333. The van der Waals surface area contributed by atoms with Crippen LogP contribution in [0.1, 0.15) is 43.7 Å². The SMILES string of the molecule is CCc1cc2c(=O)n(CC(=O)N/N=C/c3ccc(C(C)(C)C)cc3)cnc2s1. The zero-order valence-corrected chi connectivity index (χ0v) is 17.3. The third kappa shape index (κ3) is 4.54. The minimum absolute atomic E-state index is 0.0899. The summed E-state index contributed by atoms with van der Waals surface area (Å²) in [5.41, 5.74) is 4.46. The first-order chi connectivity index (χ1) is 13.3. The molecule has 2 heterocycles. The molecule has 0 saturated carbocycles. The fourth-order valence-electron chi connectivity index (χ4n) is 2.73. The van der Waals surface area contributed by atoms with E-state index in [1.165, 1.54) is 27.8 Å². The molecule has 6 nitrogen and oxygen atoms in total. The maximum absolute atomic E-state index is 12.5. The molecule has 1 amide bonds. The van der Waals surface area contributed by atoms with E-state index in [9.17, 15) is 9.59 Å². The van der Waals surface area contributed by atoms with Crippen LogP contribution in [0.2, 0.25) is 0 Å². The summed E-state index contributed by atoms with van der Waals surface area (Å²) in [6, 6.07) is 9.87. The van der Waals surface area contributed by atoms with E-state index in [0.29, 0.717) is 10.2 Å². The van der Waals surface area contributed by atoms with Crippen LogP contribution in [0.25, 0.3) is 10.2 Å². The Labute approximate surface area is 167 Å². The van der Waals surface area contributed by atoms with Crippen molar-refractivity contribution >= 4 is 33.7 Å². The van der Waals surface area contributed by atoms with Crippen molar-refractivity contribution in [3.05, 3.63) is 63.0 Å². The number of benzene rings is 1. The van der Waals surface area contributed by atoms with Crippen LogP contribution in [-0.2, 0) is 23.2 Å². The molecule has 1 aromatic carbocycles. The molecule has 0 radical (unpaired) electrons. The van der Waals surface area contributed by atoms with E-state index in [2.05, 4.69) is 48.4 Å². The normalized spacial score (nSPS) is 12.0. The molecule has 146 valence electrons. The van der Waals surface area contributed by atoms with Gasteiger partial charge in [0.25, 0.3) is 11.5 Å². The number of rotatable bonds is 5. The molecule has 0 bridgehead atoms. The van der Waals surface area contributed by atoms with Gasteiger partial charge < -0.3 is 0 Å². The van der Waals surface area contributed by atoms with E-state index >= 15 is 0 Å². The second-order valence-corrected chi connectivity index (χ2v) is 8.74. The van der Waals surface area contributed by atoms with Gasteiger partial charge in [-0.15, -0.1) is 11.3 Å². The van der Waals surface area contributed by atoms with Gasteiger partial charge in [-0.05, 0) is 29.0 Å². The molecule has 0 atom stereocenters. The lowest BCUT2D eigenvalue weighted by atomic mass is 9.87. The number of hydrazone groups is 1. The van der Waals surface area contributed by atoms with Crippen LogP contribution < -0.4 is 11.0 Å². The zero-order valence-electron chi connectivity index (χ0n) is 16.5. The average molecular weight is 397 g/mol. The topological polar surface area (TPSA) is 76.3 Å². The summed E-state index contributed by atoms with van der Waals surface area (Å²) < 4.78 is 1.30. The summed E-state index contributed by atoms with van der Waals surface area (Å²) in [6.45, 7) is 8.38. The van der Waals surface area contributed by atoms with Crippen molar-refractivity contribution in [1.82, 2.24) is 15.0 Å². The van der Waals surface area contributed by atoms with E-state index in [-0.39, 0.29) is 23.4 Å². The van der Waals surface area contributed by atoms with Gasteiger partial charge in [-0.1, -0.05) is 52.0 Å². The van der Waals surface area contributed by atoms with Gasteiger partial charge in [-0.25, -0.2) is 10.4 Å². The highest BCUT2D eigenvalue weighted by Gasteiger charge is 2.13. The molecule has 3 aromatic rings. The van der Waals surface area contributed by atoms with Crippen LogP contribution in [0.3, 0.4) is 0 Å². The van der Waals surface area contributed by atoms with Gasteiger partial charge >= 0.3 is 0 Å². The number of nitrogens with zero attached hydrogens (tertiary/aromatic N) is 3. The Kier molecular flexibility index (Phi) is 5.74. The maximum Gasteiger partial charge on any atom is 0.262 e. The molecule has 0 aliphatic carbocycles. The molecule has 2 aromatic heterocycles. The Bertz CT molecular complexity index is 1070. The van der Waals surface area contributed by atoms with Crippen LogP contribution in [-0.4, -0.2) is 21.7 Å². The molecule has 0 aliphatic rings. The fourth-order valence-corrected chi connectivity index (χ4v) is 3.66. The Hall–Kier alpha value is -2.80. The quantitative estimate of drug-likeness (QED) is 0.530. The Morgan fingerprint density at radius 2 is 2.00 bits per heavy atom. The number of carbonyl (C=O) groups excluding carboxylic acids is 1. The molecule has 28 heavy (non-hydrogen) atoms. The summed E-state index contributed by atoms with van der Waals surface area (Å²) in [4.78, 5) is 30.7. The number of aromatic nitrogens is 2. The second-order valence-electron chi connectivity index (χ2n) is 7.63. The van der Waals surface area contributed by atoms with Crippen molar-refractivity contribution < 1.29 is 4.79 Å². The third-order valence-electron chi connectivity index (χ3n) is 4.41. The maximum atomic E-state index is 12.5. The standard InChI is InChI=1S/C21H24N4O2S/c1-5-16-10-17-19(28-16)22-13-25(20(17)27)12-18(26)24-23-11-14-6-8-15(9-7-14)21(2,3)4/h6-11,13H,5,12H2,1-4H3,(H,24,26)/b23-11+. The molecule has 0 spiro atoms. The number of fused-ring (bicyclic) bond motifs is 1. The van der Waals surface area contributed by atoms with Gasteiger partial charge in [0.15, 0.2) is 0 Å². The highest BCUT2D eigenvalue weighted by Crippen LogP contribution is 2.22. The molecule has 1 N–H and O–H groups in total. The van der Waals surface area contributed by atoms with Crippen molar-refractivity contribution in [1.29, 1.82) is 0 Å². The van der Waals surface area contributed by atoms with Crippen molar-refractivity contribution in [2.75, 3.05) is 0 Å². The number of nitrogens with one attached hydrogen (secondary N) is 1. The van der Waals surface area contributed by atoms with Crippen LogP contribution in [0.5, 0.6) is 0 Å². The predicted molar refractivity (Wildman–Crippen MR) is 114 cm³/mol. The van der Waals surface area contributed by atoms with E-state index in [1.54, 1.807) is 6.21 Å². The van der Waals surface area contributed by atoms with E-state index in [0.717, 1.165) is 16.9 Å². The van der Waals surface area contributed by atoms with Crippen LogP contribution in [0.15, 0.2) is 46.6 Å². The van der Waals surface area contributed by atoms with Crippen molar-refractivity contribution in [3.63, 3.8) is 0 Å². The lowest BCUT2D eigenvalue weighted by molar-refractivity contribution is -0.121. The lowest BCUT2D eigenvalue weighted by Gasteiger charge is -2.18. The van der Waals surface area contributed by atoms with E-state index in [1.807, 2.05) is 25.1 Å². The first-order valence-corrected chi connectivity index (χ1v) is 10.00. The number of amides is 1. The average Bonchev–Trinajstić information content (AvgIpc) is 3.08. The number of hydrogen-bond donors (Lipinski definition) is 1. The molecule has 7 heteroatoms. The van der Waals surface area contributed by atoms with Crippen LogP contribution in [0, 0.1) is 0 Å². The highest BCUT2D eigenvalue weighted by molar-refractivity contribution is 7.18. The minimum Gasteiger partial charge on any atom is -0.289 e. The first-order valence-electron chi connectivity index (χ1n) is 9.18. The monoisotopic (exact) mass is 396 g/mol. The molecular weight excluding hydrogens is 372 g/mol. The second kappa shape index (κ2) is 8.06. The van der Waals surface area contributed by atoms with Crippen LogP contribution >= 0.6 is 11.3 Å². The summed E-state index contributed by atoms with van der Waals surface area (Å²) in [6.07, 6.45) is 3.85. The molecule has 3 rings (SSSR count). The molecule has 0 unspecified atom stereocenters. The lowest BCUT2D eigenvalue weighted by Crippen LogP contribution is -2.29. The van der Waals surface area contributed by atoms with Gasteiger partial charge in [0.05, 0.1) is 17.9 Å². The summed E-state index contributed by atoms with van der Waals surface area (Å²) in [7, 11) is 0. The number of aryl methyl sites for hydroxylation is 1. The first kappa shape index (κ1) is 19.9. The van der Waals surface area contributed by atoms with Crippen LogP contribution in [0.4, 0.5) is 0 Å². The number of hydrogen-bond acceptors (Lipinski definition) is 5. The van der Waals surface area contributed by atoms with Gasteiger partial charge in [0.1, 0.15) is 11.4 Å². The van der Waals surface area contributed by atoms with E-state index in [4.69, 9.17) is 0 Å². The van der Waals surface area contributed by atoms with E-state index < -0.39 is 0 Å². The molecular formula is C21H24N4O2S.